The highest BCUT2D eigenvalue weighted by Crippen LogP contribution is 2.55. The molecule has 0 N–H and O–H groups in total. The van der Waals surface area contributed by atoms with Crippen LogP contribution in [0.2, 0.25) is 0 Å². The molecular weight excluding hydrogens is 335 g/mol. The zero-order valence-electron chi connectivity index (χ0n) is 13.6. The van der Waals surface area contributed by atoms with Crippen LogP contribution in [-0.2, 0) is 4.79 Å². The van der Waals surface area contributed by atoms with Gasteiger partial charge in [0.15, 0.2) is 5.78 Å². The Labute approximate surface area is 150 Å². The first-order valence-corrected chi connectivity index (χ1v) is 9.75. The third-order valence-electron chi connectivity index (χ3n) is 4.05. The first kappa shape index (κ1) is 18.4. The molecule has 0 saturated carbocycles. The monoisotopic (exact) mass is 355 g/mol. The van der Waals surface area contributed by atoms with E-state index < -0.39 is 7.26 Å². The van der Waals surface area contributed by atoms with Gasteiger partial charge in [-0.2, -0.15) is 0 Å². The molecular formula is C21H21ClOP+. The summed E-state index contributed by atoms with van der Waals surface area (Å²) in [6, 6.07) is 31.5. The van der Waals surface area contributed by atoms with Crippen LogP contribution in [0.5, 0.6) is 0 Å². The van der Waals surface area contributed by atoms with Gasteiger partial charge in [-0.05, 0) is 43.3 Å². The van der Waals surface area contributed by atoms with E-state index in [4.69, 9.17) is 0 Å². The van der Waals surface area contributed by atoms with E-state index in [1.54, 1.807) is 6.92 Å². The summed E-state index contributed by atoms with van der Waals surface area (Å²) in [6.07, 6.45) is 0.561. The second-order valence-corrected chi connectivity index (χ2v) is 9.16. The zero-order valence-corrected chi connectivity index (χ0v) is 15.3. The molecule has 3 aromatic rings. The number of rotatable bonds is 5. The highest BCUT2D eigenvalue weighted by Gasteiger charge is 2.46. The van der Waals surface area contributed by atoms with Crippen LogP contribution >= 0.6 is 19.7 Å². The van der Waals surface area contributed by atoms with Crippen molar-refractivity contribution in [2.75, 3.05) is 6.16 Å². The summed E-state index contributed by atoms with van der Waals surface area (Å²) >= 11 is 0. The first-order valence-electron chi connectivity index (χ1n) is 7.78. The molecule has 0 aliphatic heterocycles. The molecule has 0 spiro atoms. The number of halogens is 1. The van der Waals surface area contributed by atoms with Gasteiger partial charge in [0.05, 0.1) is 0 Å². The van der Waals surface area contributed by atoms with E-state index in [9.17, 15) is 4.79 Å². The Kier molecular flexibility index (Phi) is 6.31. The topological polar surface area (TPSA) is 17.1 Å². The van der Waals surface area contributed by atoms with Crippen molar-refractivity contribution in [3.05, 3.63) is 91.0 Å². The van der Waals surface area contributed by atoms with Gasteiger partial charge in [-0.25, -0.2) is 0 Å². The van der Waals surface area contributed by atoms with Crippen molar-refractivity contribution in [2.45, 2.75) is 6.92 Å². The number of benzene rings is 3. The van der Waals surface area contributed by atoms with Crippen molar-refractivity contribution in [2.24, 2.45) is 0 Å². The lowest BCUT2D eigenvalue weighted by Crippen LogP contribution is -2.35. The summed E-state index contributed by atoms with van der Waals surface area (Å²) in [5.41, 5.74) is 0. The first-order chi connectivity index (χ1) is 11.2. The maximum Gasteiger partial charge on any atom is 0.168 e. The molecule has 0 unspecified atom stereocenters. The van der Waals surface area contributed by atoms with Crippen LogP contribution in [0.1, 0.15) is 6.92 Å². The van der Waals surface area contributed by atoms with E-state index in [-0.39, 0.29) is 18.2 Å². The molecule has 1 nitrogen and oxygen atoms in total. The Morgan fingerprint density at radius 3 is 1.21 bits per heavy atom. The SMILES string of the molecule is CC(=O)C[P+](c1ccccc1)(c1ccccc1)c1ccccc1.Cl. The summed E-state index contributed by atoms with van der Waals surface area (Å²) in [6.45, 7) is 1.70. The van der Waals surface area contributed by atoms with Gasteiger partial charge in [-0.15, -0.1) is 12.4 Å². The second kappa shape index (κ2) is 8.24. The van der Waals surface area contributed by atoms with E-state index in [0.717, 1.165) is 0 Å². The predicted molar refractivity (Wildman–Crippen MR) is 108 cm³/mol. The van der Waals surface area contributed by atoms with E-state index in [0.29, 0.717) is 6.16 Å². The molecule has 0 amide bonds. The van der Waals surface area contributed by atoms with Gasteiger partial charge in [0.2, 0.25) is 0 Å². The number of carbonyl (C=O) groups excluding carboxylic acids is 1. The molecule has 122 valence electrons. The van der Waals surface area contributed by atoms with E-state index in [2.05, 4.69) is 72.8 Å². The molecule has 0 aliphatic rings. The molecule has 3 rings (SSSR count). The van der Waals surface area contributed by atoms with Crippen molar-refractivity contribution in [3.63, 3.8) is 0 Å². The highest BCUT2D eigenvalue weighted by molar-refractivity contribution is 7.96. The van der Waals surface area contributed by atoms with Crippen molar-refractivity contribution < 1.29 is 4.79 Å². The average Bonchev–Trinajstić information content (AvgIpc) is 2.62. The number of hydrogen-bond acceptors (Lipinski definition) is 1. The van der Waals surface area contributed by atoms with Gasteiger partial charge in [-0.3, -0.25) is 4.79 Å². The van der Waals surface area contributed by atoms with Crippen LogP contribution in [0.4, 0.5) is 0 Å². The Bertz CT molecular complexity index is 676. The molecule has 0 saturated heterocycles. The van der Waals surface area contributed by atoms with Crippen molar-refractivity contribution in [1.29, 1.82) is 0 Å². The standard InChI is InChI=1S/C21H20OP.ClH/c1-18(22)17-23(19-11-5-2-6-12-19,20-13-7-3-8-14-20)21-15-9-4-10-16-21;/h2-16H,17H2,1H3;1H/q+1;. The second-order valence-electron chi connectivity index (χ2n) is 5.68. The molecule has 0 bridgehead atoms. The normalized spacial score (nSPS) is 10.7. The van der Waals surface area contributed by atoms with E-state index >= 15 is 0 Å². The van der Waals surface area contributed by atoms with Crippen LogP contribution < -0.4 is 15.9 Å². The zero-order chi connectivity index (χ0) is 16.1. The van der Waals surface area contributed by atoms with Crippen LogP contribution in [0.15, 0.2) is 91.0 Å². The molecule has 0 fully saturated rings. The Morgan fingerprint density at radius 1 is 0.667 bits per heavy atom. The summed E-state index contributed by atoms with van der Waals surface area (Å²) in [5.74, 6) is 0.231. The van der Waals surface area contributed by atoms with Crippen LogP contribution in [0, 0.1) is 0 Å². The maximum atomic E-state index is 12.2. The van der Waals surface area contributed by atoms with Gasteiger partial charge >= 0.3 is 0 Å². The Morgan fingerprint density at radius 2 is 0.958 bits per heavy atom. The van der Waals surface area contributed by atoms with E-state index in [1.165, 1.54) is 15.9 Å². The Balaban J connectivity index is 0.00000208. The van der Waals surface area contributed by atoms with Gasteiger partial charge in [0.1, 0.15) is 29.3 Å². The molecule has 3 aromatic carbocycles. The molecule has 0 radical (unpaired) electrons. The fourth-order valence-corrected chi connectivity index (χ4v) is 7.26. The minimum Gasteiger partial charge on any atom is -0.296 e. The summed E-state index contributed by atoms with van der Waals surface area (Å²) in [5, 5.41) is 3.77. The van der Waals surface area contributed by atoms with Crippen LogP contribution in [0.3, 0.4) is 0 Å². The summed E-state index contributed by atoms with van der Waals surface area (Å²) in [4.78, 5) is 12.2. The fraction of sp³-hybridized carbons (Fsp3) is 0.0952. The van der Waals surface area contributed by atoms with Gasteiger partial charge in [0.25, 0.3) is 0 Å². The van der Waals surface area contributed by atoms with Crippen molar-refractivity contribution in [1.82, 2.24) is 0 Å². The average molecular weight is 356 g/mol. The number of Topliss-reactive ketones (excluding diaryl/α,β-unsaturated/α-hetero) is 1. The smallest absolute Gasteiger partial charge is 0.168 e. The molecule has 0 heterocycles. The lowest BCUT2D eigenvalue weighted by Gasteiger charge is -2.26. The molecule has 0 aliphatic carbocycles. The van der Waals surface area contributed by atoms with Crippen molar-refractivity contribution in [3.8, 4) is 0 Å². The van der Waals surface area contributed by atoms with Gasteiger partial charge in [-0.1, -0.05) is 54.6 Å². The third kappa shape index (κ3) is 3.59. The third-order valence-corrected chi connectivity index (χ3v) is 8.51. The molecule has 0 atom stereocenters. The fourth-order valence-electron chi connectivity index (χ4n) is 3.10. The lowest BCUT2D eigenvalue weighted by molar-refractivity contribution is -0.114. The lowest BCUT2D eigenvalue weighted by atomic mass is 10.4. The van der Waals surface area contributed by atoms with Gasteiger partial charge < -0.3 is 0 Å². The highest BCUT2D eigenvalue weighted by atomic mass is 35.5. The number of ketones is 1. The van der Waals surface area contributed by atoms with Crippen LogP contribution in [-0.4, -0.2) is 11.9 Å². The van der Waals surface area contributed by atoms with E-state index in [1.807, 2.05) is 18.2 Å². The largest absolute Gasteiger partial charge is 0.296 e. The maximum absolute atomic E-state index is 12.2. The quantitative estimate of drug-likeness (QED) is 0.632. The summed E-state index contributed by atoms with van der Waals surface area (Å²) in [7, 11) is -1.96. The molecule has 24 heavy (non-hydrogen) atoms. The van der Waals surface area contributed by atoms with Crippen molar-refractivity contribution >= 4 is 41.4 Å². The summed E-state index contributed by atoms with van der Waals surface area (Å²) < 4.78 is 0. The number of carbonyl (C=O) groups is 1. The van der Waals surface area contributed by atoms with Crippen LogP contribution in [0.25, 0.3) is 0 Å². The molecule has 0 aromatic heterocycles. The Hall–Kier alpha value is -1.95. The predicted octanol–water partition coefficient (Wildman–Crippen LogP) is 3.99. The minimum absolute atomic E-state index is 0. The number of hydrogen-bond donors (Lipinski definition) is 0. The van der Waals surface area contributed by atoms with Gasteiger partial charge in [0, 0.05) is 0 Å². The minimum atomic E-state index is -1.96. The molecule has 3 heteroatoms.